The molecule has 0 aliphatic carbocycles. The van der Waals surface area contributed by atoms with E-state index in [4.69, 9.17) is 4.74 Å². The minimum Gasteiger partial charge on any atom is -0.454 e. The van der Waals surface area contributed by atoms with Gasteiger partial charge in [-0.1, -0.05) is 6.07 Å². The lowest BCUT2D eigenvalue weighted by Gasteiger charge is -2.38. The van der Waals surface area contributed by atoms with Crippen LogP contribution in [0.2, 0.25) is 0 Å². The Balaban J connectivity index is 1.76. The van der Waals surface area contributed by atoms with Gasteiger partial charge < -0.3 is 15.0 Å². The molecule has 2 atom stereocenters. The number of halogens is 1. The van der Waals surface area contributed by atoms with Crippen LogP contribution in [-0.2, 0) is 14.3 Å². The van der Waals surface area contributed by atoms with Gasteiger partial charge in [-0.15, -0.1) is 0 Å². The molecule has 0 radical (unpaired) electrons. The molecule has 1 saturated heterocycles. The fraction of sp³-hybridized carbons (Fsp3) is 0.500. The Hall–Kier alpha value is -2.44. The summed E-state index contributed by atoms with van der Waals surface area (Å²) in [6.45, 7) is 3.24. The minimum absolute atomic E-state index is 0.111. The first-order valence-corrected chi connectivity index (χ1v) is 8.39. The fourth-order valence-corrected chi connectivity index (χ4v) is 3.06. The van der Waals surface area contributed by atoms with Gasteiger partial charge in [0.25, 0.3) is 11.8 Å². The van der Waals surface area contributed by atoms with Crippen LogP contribution in [0.5, 0.6) is 0 Å². The molecule has 0 saturated carbocycles. The van der Waals surface area contributed by atoms with Crippen molar-refractivity contribution in [2.24, 2.45) is 0 Å². The maximum atomic E-state index is 13.1. The average molecular weight is 350 g/mol. The summed E-state index contributed by atoms with van der Waals surface area (Å²) in [6.07, 6.45) is 2.96. The second-order valence-electron chi connectivity index (χ2n) is 6.28. The molecule has 2 amide bonds. The number of carbonyl (C=O) groups is 3. The van der Waals surface area contributed by atoms with Crippen molar-refractivity contribution in [3.8, 4) is 0 Å². The van der Waals surface area contributed by atoms with E-state index in [-0.39, 0.29) is 36.7 Å². The molecule has 0 spiro atoms. The molecular formula is C18H23FN2O4. The number of ether oxygens (including phenoxy) is 1. The first-order chi connectivity index (χ1) is 11.9. The van der Waals surface area contributed by atoms with Crippen molar-refractivity contribution in [2.75, 3.05) is 13.2 Å². The first-order valence-electron chi connectivity index (χ1n) is 8.39. The monoisotopic (exact) mass is 350 g/mol. The Morgan fingerprint density at radius 2 is 1.92 bits per heavy atom. The molecule has 1 heterocycles. The lowest BCUT2D eigenvalue weighted by Crippen LogP contribution is -2.49. The smallest absolute Gasteiger partial charge is 0.325 e. The van der Waals surface area contributed by atoms with Gasteiger partial charge in [-0.2, -0.15) is 0 Å². The standard InChI is InChI=1S/C18H23FN2O4/c1-12-5-3-6-13(2)21(12)16(22)11-25-17(23)10-20-18(24)14-7-4-8-15(19)9-14/h4,7-9,12-13H,3,5-6,10-11H2,1-2H3,(H,20,24)/t12-,13-/m1/s1. The van der Waals surface area contributed by atoms with Crippen molar-refractivity contribution in [3.63, 3.8) is 0 Å². The van der Waals surface area contributed by atoms with Gasteiger partial charge in [-0.3, -0.25) is 14.4 Å². The van der Waals surface area contributed by atoms with Gasteiger partial charge in [0.05, 0.1) is 0 Å². The topological polar surface area (TPSA) is 75.7 Å². The zero-order chi connectivity index (χ0) is 18.4. The van der Waals surface area contributed by atoms with E-state index in [9.17, 15) is 18.8 Å². The average Bonchev–Trinajstić information content (AvgIpc) is 2.57. The molecule has 1 aliphatic heterocycles. The highest BCUT2D eigenvalue weighted by Gasteiger charge is 2.29. The summed E-state index contributed by atoms with van der Waals surface area (Å²) < 4.78 is 18.0. The Bertz CT molecular complexity index is 640. The van der Waals surface area contributed by atoms with Gasteiger partial charge in [0.15, 0.2) is 6.61 Å². The molecule has 1 N–H and O–H groups in total. The Kier molecular flexibility index (Phi) is 6.50. The van der Waals surface area contributed by atoms with Gasteiger partial charge in [0, 0.05) is 17.6 Å². The van der Waals surface area contributed by atoms with E-state index in [1.807, 2.05) is 13.8 Å². The van der Waals surface area contributed by atoms with Gasteiger partial charge in [0.2, 0.25) is 0 Å². The molecule has 25 heavy (non-hydrogen) atoms. The van der Waals surface area contributed by atoms with Gasteiger partial charge in [-0.05, 0) is 51.3 Å². The number of rotatable bonds is 5. The first kappa shape index (κ1) is 18.9. The Labute approximate surface area is 146 Å². The highest BCUT2D eigenvalue weighted by Crippen LogP contribution is 2.22. The van der Waals surface area contributed by atoms with E-state index in [2.05, 4.69) is 5.32 Å². The number of esters is 1. The molecule has 6 nitrogen and oxygen atoms in total. The van der Waals surface area contributed by atoms with Crippen LogP contribution in [0, 0.1) is 5.82 Å². The van der Waals surface area contributed by atoms with E-state index in [0.717, 1.165) is 25.3 Å². The number of likely N-dealkylation sites (tertiary alicyclic amines) is 1. The predicted octanol–water partition coefficient (Wildman–Crippen LogP) is 1.89. The van der Waals surface area contributed by atoms with Gasteiger partial charge in [0.1, 0.15) is 12.4 Å². The van der Waals surface area contributed by atoms with E-state index in [1.54, 1.807) is 4.90 Å². The Morgan fingerprint density at radius 3 is 2.56 bits per heavy atom. The summed E-state index contributed by atoms with van der Waals surface area (Å²) in [5.41, 5.74) is 0.111. The maximum absolute atomic E-state index is 13.1. The van der Waals surface area contributed by atoms with Crippen LogP contribution in [0.4, 0.5) is 4.39 Å². The third-order valence-corrected chi connectivity index (χ3v) is 4.32. The van der Waals surface area contributed by atoms with Gasteiger partial charge in [-0.25, -0.2) is 4.39 Å². The summed E-state index contributed by atoms with van der Waals surface area (Å²) in [7, 11) is 0. The summed E-state index contributed by atoms with van der Waals surface area (Å²) in [4.78, 5) is 37.5. The molecule has 1 aromatic rings. The van der Waals surface area contributed by atoms with Crippen LogP contribution < -0.4 is 5.32 Å². The molecule has 0 aromatic heterocycles. The summed E-state index contributed by atoms with van der Waals surface area (Å²) in [5.74, 6) is -2.06. The van der Waals surface area contributed by atoms with Crippen LogP contribution in [0.15, 0.2) is 24.3 Å². The third-order valence-electron chi connectivity index (χ3n) is 4.32. The number of carbonyl (C=O) groups excluding carboxylic acids is 3. The van der Waals surface area contributed by atoms with E-state index in [1.165, 1.54) is 18.2 Å². The van der Waals surface area contributed by atoms with Crippen molar-refractivity contribution in [1.29, 1.82) is 0 Å². The van der Waals surface area contributed by atoms with Gasteiger partial charge >= 0.3 is 5.97 Å². The normalized spacial score (nSPS) is 20.0. The molecule has 7 heteroatoms. The number of benzene rings is 1. The molecule has 1 aromatic carbocycles. The third kappa shape index (κ3) is 5.27. The minimum atomic E-state index is -0.713. The van der Waals surface area contributed by atoms with Crippen LogP contribution in [0.25, 0.3) is 0 Å². The molecule has 0 bridgehead atoms. The van der Waals surface area contributed by atoms with Crippen molar-refractivity contribution in [1.82, 2.24) is 10.2 Å². The van der Waals surface area contributed by atoms with Crippen molar-refractivity contribution >= 4 is 17.8 Å². The maximum Gasteiger partial charge on any atom is 0.325 e. The van der Waals surface area contributed by atoms with Crippen LogP contribution in [0.1, 0.15) is 43.5 Å². The molecule has 2 rings (SSSR count). The lowest BCUT2D eigenvalue weighted by atomic mass is 9.97. The van der Waals surface area contributed by atoms with Crippen LogP contribution >= 0.6 is 0 Å². The van der Waals surface area contributed by atoms with Crippen LogP contribution in [0.3, 0.4) is 0 Å². The number of hydrogen-bond donors (Lipinski definition) is 1. The zero-order valence-corrected chi connectivity index (χ0v) is 14.5. The second-order valence-corrected chi connectivity index (χ2v) is 6.28. The van der Waals surface area contributed by atoms with Crippen molar-refractivity contribution < 1.29 is 23.5 Å². The molecule has 136 valence electrons. The van der Waals surface area contributed by atoms with Crippen LogP contribution in [-0.4, -0.2) is 47.9 Å². The summed E-state index contributed by atoms with van der Waals surface area (Å²) >= 11 is 0. The fourth-order valence-electron chi connectivity index (χ4n) is 3.06. The van der Waals surface area contributed by atoms with Crippen molar-refractivity contribution in [2.45, 2.75) is 45.2 Å². The van der Waals surface area contributed by atoms with E-state index < -0.39 is 17.7 Å². The molecular weight excluding hydrogens is 327 g/mol. The summed E-state index contributed by atoms with van der Waals surface area (Å²) in [5, 5.41) is 2.34. The zero-order valence-electron chi connectivity index (χ0n) is 14.5. The molecule has 1 fully saturated rings. The number of piperidine rings is 1. The molecule has 1 aliphatic rings. The predicted molar refractivity (Wildman–Crippen MR) is 89.3 cm³/mol. The second kappa shape index (κ2) is 8.60. The number of nitrogens with zero attached hydrogens (tertiary/aromatic N) is 1. The highest BCUT2D eigenvalue weighted by atomic mass is 19.1. The SMILES string of the molecule is C[C@@H]1CCC[C@@H](C)N1C(=O)COC(=O)CNC(=O)c1cccc(F)c1. The molecule has 0 unspecified atom stereocenters. The number of nitrogens with one attached hydrogen (secondary N) is 1. The number of hydrogen-bond acceptors (Lipinski definition) is 4. The highest BCUT2D eigenvalue weighted by molar-refractivity contribution is 5.96. The lowest BCUT2D eigenvalue weighted by molar-refractivity contribution is -0.154. The Morgan fingerprint density at radius 1 is 1.24 bits per heavy atom. The summed E-state index contributed by atoms with van der Waals surface area (Å²) in [6, 6.07) is 5.39. The largest absolute Gasteiger partial charge is 0.454 e. The number of amides is 2. The van der Waals surface area contributed by atoms with Crippen molar-refractivity contribution in [3.05, 3.63) is 35.6 Å². The quantitative estimate of drug-likeness (QED) is 0.823. The van der Waals surface area contributed by atoms with E-state index in [0.29, 0.717) is 0 Å². The van der Waals surface area contributed by atoms with E-state index >= 15 is 0 Å².